The fourth-order valence-electron chi connectivity index (χ4n) is 3.66. The molecule has 2 saturated heterocycles. The molecule has 2 aliphatic heterocycles. The van der Waals surface area contributed by atoms with Gasteiger partial charge in [-0.15, -0.1) is 24.0 Å². The quantitative estimate of drug-likeness (QED) is 0.297. The zero-order valence-electron chi connectivity index (χ0n) is 16.7. The Bertz CT molecular complexity index is 700. The maximum absolute atomic E-state index is 11.9. The highest BCUT2D eigenvalue weighted by Gasteiger charge is 2.25. The lowest BCUT2D eigenvalue weighted by Gasteiger charge is -2.38. The molecule has 0 saturated carbocycles. The Hall–Kier alpha value is -1.84. The van der Waals surface area contributed by atoms with Crippen LogP contribution in [0.15, 0.2) is 29.3 Å². The van der Waals surface area contributed by atoms with E-state index in [0.29, 0.717) is 32.4 Å². The molecule has 1 N–H and O–H groups in total. The van der Waals surface area contributed by atoms with Gasteiger partial charge in [-0.3, -0.25) is 19.5 Å². The fraction of sp³-hybridized carbons (Fsp3) is 0.550. The van der Waals surface area contributed by atoms with Crippen LogP contribution in [0, 0.1) is 6.92 Å². The molecule has 2 aliphatic rings. The highest BCUT2D eigenvalue weighted by atomic mass is 127. The first-order chi connectivity index (χ1) is 13.1. The average Bonchev–Trinajstić information content (AvgIpc) is 2.67. The van der Waals surface area contributed by atoms with Gasteiger partial charge in [0.25, 0.3) is 0 Å². The van der Waals surface area contributed by atoms with Gasteiger partial charge in [0.05, 0.1) is 0 Å². The van der Waals surface area contributed by atoms with Gasteiger partial charge in [-0.25, -0.2) is 0 Å². The molecule has 2 fully saturated rings. The van der Waals surface area contributed by atoms with E-state index >= 15 is 0 Å². The van der Waals surface area contributed by atoms with Gasteiger partial charge in [0.2, 0.25) is 11.8 Å². The van der Waals surface area contributed by atoms with Crippen LogP contribution in [0.4, 0.5) is 5.69 Å². The summed E-state index contributed by atoms with van der Waals surface area (Å²) < 4.78 is 0. The number of aryl methyl sites for hydroxylation is 1. The number of likely N-dealkylation sites (tertiary alicyclic amines) is 1. The second-order valence-electron chi connectivity index (χ2n) is 7.08. The summed E-state index contributed by atoms with van der Waals surface area (Å²) in [5.41, 5.74) is 2.54. The van der Waals surface area contributed by atoms with Crippen LogP contribution in [0.25, 0.3) is 0 Å². The lowest BCUT2D eigenvalue weighted by Crippen LogP contribution is -2.53. The van der Waals surface area contributed by atoms with Crippen molar-refractivity contribution in [3.05, 3.63) is 29.8 Å². The number of guanidine groups is 1. The Kier molecular flexibility index (Phi) is 8.53. The second kappa shape index (κ2) is 10.6. The minimum absolute atomic E-state index is 0. The molecule has 154 valence electrons. The van der Waals surface area contributed by atoms with Crippen molar-refractivity contribution in [2.24, 2.45) is 4.99 Å². The van der Waals surface area contributed by atoms with E-state index in [1.165, 1.54) is 16.2 Å². The molecule has 28 heavy (non-hydrogen) atoms. The highest BCUT2D eigenvalue weighted by Crippen LogP contribution is 2.18. The van der Waals surface area contributed by atoms with Crippen LogP contribution in [-0.2, 0) is 9.59 Å². The number of amides is 2. The van der Waals surface area contributed by atoms with Gasteiger partial charge in [0.15, 0.2) is 5.96 Å². The van der Waals surface area contributed by atoms with Crippen LogP contribution in [0.5, 0.6) is 0 Å². The summed E-state index contributed by atoms with van der Waals surface area (Å²) in [7, 11) is 1.77. The number of imide groups is 1. The summed E-state index contributed by atoms with van der Waals surface area (Å²) in [4.78, 5) is 34.1. The van der Waals surface area contributed by atoms with Crippen LogP contribution in [0.1, 0.15) is 24.8 Å². The van der Waals surface area contributed by atoms with Crippen molar-refractivity contribution in [2.45, 2.75) is 26.2 Å². The van der Waals surface area contributed by atoms with Crippen molar-refractivity contribution in [3.8, 4) is 0 Å². The summed E-state index contributed by atoms with van der Waals surface area (Å²) in [5.74, 6) is 0.709. The summed E-state index contributed by atoms with van der Waals surface area (Å²) in [6.45, 7) is 6.69. The van der Waals surface area contributed by atoms with Crippen LogP contribution in [0.3, 0.4) is 0 Å². The zero-order chi connectivity index (χ0) is 19.2. The number of carbonyl (C=O) groups is 2. The number of piperidine rings is 1. The average molecular weight is 499 g/mol. The number of nitrogens with one attached hydrogen (secondary N) is 1. The van der Waals surface area contributed by atoms with E-state index in [-0.39, 0.29) is 35.8 Å². The predicted octanol–water partition coefficient (Wildman–Crippen LogP) is 1.85. The SMILES string of the molecule is CN=C(NCCN1C(=O)CCCC1=O)N1CCN(c2cccc(C)c2)CC1.I. The number of hydrogen-bond donors (Lipinski definition) is 1. The molecule has 2 amide bonds. The molecule has 1 aromatic rings. The molecule has 2 heterocycles. The van der Waals surface area contributed by atoms with E-state index in [1.807, 2.05) is 0 Å². The third kappa shape index (κ3) is 5.59. The van der Waals surface area contributed by atoms with E-state index in [0.717, 1.165) is 32.1 Å². The topological polar surface area (TPSA) is 68.2 Å². The maximum atomic E-state index is 11.9. The molecule has 0 bridgehead atoms. The van der Waals surface area contributed by atoms with Gasteiger partial charge in [0.1, 0.15) is 0 Å². The van der Waals surface area contributed by atoms with Crippen molar-refractivity contribution >= 4 is 47.4 Å². The van der Waals surface area contributed by atoms with Gasteiger partial charge >= 0.3 is 0 Å². The number of aliphatic imine (C=N–C) groups is 1. The highest BCUT2D eigenvalue weighted by molar-refractivity contribution is 14.0. The van der Waals surface area contributed by atoms with Gasteiger partial charge in [-0.1, -0.05) is 12.1 Å². The molecule has 3 rings (SSSR count). The largest absolute Gasteiger partial charge is 0.368 e. The zero-order valence-corrected chi connectivity index (χ0v) is 19.0. The Balaban J connectivity index is 0.00000280. The van der Waals surface area contributed by atoms with Crippen molar-refractivity contribution in [1.29, 1.82) is 0 Å². The van der Waals surface area contributed by atoms with E-state index in [2.05, 4.69) is 51.3 Å². The third-order valence-electron chi connectivity index (χ3n) is 5.16. The molecule has 0 spiro atoms. The summed E-state index contributed by atoms with van der Waals surface area (Å²) >= 11 is 0. The number of rotatable bonds is 4. The number of hydrogen-bond acceptors (Lipinski definition) is 4. The molecule has 8 heteroatoms. The van der Waals surface area contributed by atoms with Crippen molar-refractivity contribution < 1.29 is 9.59 Å². The van der Waals surface area contributed by atoms with Crippen LogP contribution < -0.4 is 10.2 Å². The lowest BCUT2D eigenvalue weighted by atomic mass is 10.1. The number of carbonyl (C=O) groups excluding carboxylic acids is 2. The molecule has 7 nitrogen and oxygen atoms in total. The predicted molar refractivity (Wildman–Crippen MR) is 122 cm³/mol. The van der Waals surface area contributed by atoms with Crippen LogP contribution in [-0.4, -0.2) is 73.9 Å². The molecular weight excluding hydrogens is 469 g/mol. The summed E-state index contributed by atoms with van der Waals surface area (Å²) in [5, 5.41) is 3.30. The van der Waals surface area contributed by atoms with Gasteiger partial charge in [-0.05, 0) is 31.0 Å². The van der Waals surface area contributed by atoms with E-state index in [1.54, 1.807) is 7.05 Å². The number of anilines is 1. The Labute approximate surface area is 184 Å². The van der Waals surface area contributed by atoms with Crippen LogP contribution in [0.2, 0.25) is 0 Å². The Morgan fingerprint density at radius 1 is 1.11 bits per heavy atom. The molecule has 0 radical (unpaired) electrons. The maximum Gasteiger partial charge on any atom is 0.229 e. The summed E-state index contributed by atoms with van der Waals surface area (Å²) in [6.07, 6.45) is 1.62. The van der Waals surface area contributed by atoms with E-state index in [9.17, 15) is 9.59 Å². The first-order valence-electron chi connectivity index (χ1n) is 9.69. The standard InChI is InChI=1S/C20H29N5O2.HI/c1-16-5-3-6-17(15-16)23-11-13-24(14-12-23)20(21-2)22-9-10-25-18(26)7-4-8-19(25)27;/h3,5-6,15H,4,7-14H2,1-2H3,(H,21,22);1H. The molecule has 0 atom stereocenters. The molecule has 0 unspecified atom stereocenters. The van der Waals surface area contributed by atoms with E-state index < -0.39 is 0 Å². The number of nitrogens with zero attached hydrogens (tertiary/aromatic N) is 4. The lowest BCUT2D eigenvalue weighted by molar-refractivity contribution is -0.147. The number of piperazine rings is 1. The van der Waals surface area contributed by atoms with Crippen LogP contribution >= 0.6 is 24.0 Å². The smallest absolute Gasteiger partial charge is 0.229 e. The normalized spacial score (nSPS) is 18.2. The fourth-order valence-corrected chi connectivity index (χ4v) is 3.66. The summed E-state index contributed by atoms with van der Waals surface area (Å²) in [6, 6.07) is 8.59. The monoisotopic (exact) mass is 499 g/mol. The van der Waals surface area contributed by atoms with Gasteiger partial charge < -0.3 is 15.1 Å². The van der Waals surface area contributed by atoms with Crippen molar-refractivity contribution in [3.63, 3.8) is 0 Å². The van der Waals surface area contributed by atoms with Crippen molar-refractivity contribution in [1.82, 2.24) is 15.1 Å². The van der Waals surface area contributed by atoms with Crippen molar-refractivity contribution in [2.75, 3.05) is 51.2 Å². The molecule has 0 aliphatic carbocycles. The minimum atomic E-state index is -0.0604. The van der Waals surface area contributed by atoms with Gasteiger partial charge in [-0.2, -0.15) is 0 Å². The Morgan fingerprint density at radius 3 is 2.39 bits per heavy atom. The van der Waals surface area contributed by atoms with Gasteiger partial charge in [0, 0.05) is 64.8 Å². The molecule has 1 aromatic carbocycles. The first-order valence-corrected chi connectivity index (χ1v) is 9.69. The third-order valence-corrected chi connectivity index (χ3v) is 5.16. The van der Waals surface area contributed by atoms with E-state index in [4.69, 9.17) is 0 Å². The number of benzene rings is 1. The first kappa shape index (κ1) is 22.4. The minimum Gasteiger partial charge on any atom is -0.368 e. The second-order valence-corrected chi connectivity index (χ2v) is 7.08. The molecule has 0 aromatic heterocycles. The number of halogens is 1. The molecular formula is C20H30IN5O2. The Morgan fingerprint density at radius 2 is 1.79 bits per heavy atom.